The van der Waals surface area contributed by atoms with Crippen molar-refractivity contribution in [2.45, 2.75) is 32.9 Å². The van der Waals surface area contributed by atoms with Crippen LogP contribution in [0.2, 0.25) is 0 Å². The molecule has 0 radical (unpaired) electrons. The van der Waals surface area contributed by atoms with Gasteiger partial charge in [0, 0.05) is 5.56 Å². The molecule has 0 aliphatic rings. The number of rotatable bonds is 8. The van der Waals surface area contributed by atoms with Crippen LogP contribution in [-0.2, 0) is 27.4 Å². The third-order valence-corrected chi connectivity index (χ3v) is 4.27. The van der Waals surface area contributed by atoms with Gasteiger partial charge in [-0.25, -0.2) is 4.79 Å². The van der Waals surface area contributed by atoms with Gasteiger partial charge in [0.1, 0.15) is 6.04 Å². The molecule has 1 unspecified atom stereocenters. The van der Waals surface area contributed by atoms with Gasteiger partial charge in [-0.3, -0.25) is 4.79 Å². The van der Waals surface area contributed by atoms with Crippen LogP contribution in [0.25, 0.3) is 11.5 Å². The zero-order valence-electron chi connectivity index (χ0n) is 16.4. The Morgan fingerprint density at radius 1 is 1.00 bits per heavy atom. The maximum atomic E-state index is 12.5. The maximum absolute atomic E-state index is 12.5. The number of amides is 1. The van der Waals surface area contributed by atoms with E-state index in [1.807, 2.05) is 74.5 Å². The zero-order valence-corrected chi connectivity index (χ0v) is 16.4. The Kier molecular flexibility index (Phi) is 6.73. The van der Waals surface area contributed by atoms with Crippen molar-refractivity contribution in [2.75, 3.05) is 0 Å². The lowest BCUT2D eigenvalue weighted by atomic mass is 10.0. The third kappa shape index (κ3) is 5.75. The number of nitrogens with zero attached hydrogens (tertiary/aromatic N) is 2. The lowest BCUT2D eigenvalue weighted by molar-refractivity contribution is -0.151. The first-order chi connectivity index (χ1) is 14.0. The average Bonchev–Trinajstić information content (AvgIpc) is 3.20. The van der Waals surface area contributed by atoms with Crippen LogP contribution in [0.5, 0.6) is 0 Å². The van der Waals surface area contributed by atoms with Crippen molar-refractivity contribution in [3.8, 4) is 11.5 Å². The lowest BCUT2D eigenvalue weighted by Gasteiger charge is -2.20. The van der Waals surface area contributed by atoms with Crippen molar-refractivity contribution in [3.63, 3.8) is 0 Å². The number of carbonyl (C=O) groups is 2. The summed E-state index contributed by atoms with van der Waals surface area (Å²) in [7, 11) is 0. The summed E-state index contributed by atoms with van der Waals surface area (Å²) < 4.78 is 10.8. The summed E-state index contributed by atoms with van der Waals surface area (Å²) in [4.78, 5) is 24.8. The molecule has 0 saturated carbocycles. The molecule has 7 heteroatoms. The van der Waals surface area contributed by atoms with E-state index in [1.165, 1.54) is 0 Å². The first kappa shape index (κ1) is 20.3. The number of carbonyl (C=O) groups excluding carboxylic acids is 2. The highest BCUT2D eigenvalue weighted by Crippen LogP contribution is 2.17. The van der Waals surface area contributed by atoms with Crippen molar-refractivity contribution < 1.29 is 18.7 Å². The van der Waals surface area contributed by atoms with Crippen molar-refractivity contribution in [1.29, 1.82) is 0 Å². The summed E-state index contributed by atoms with van der Waals surface area (Å²) in [6, 6.07) is 17.9. The summed E-state index contributed by atoms with van der Waals surface area (Å²) in [6.45, 7) is 3.53. The third-order valence-electron chi connectivity index (χ3n) is 4.27. The molecule has 1 amide bonds. The molecule has 2 aromatic carbocycles. The Morgan fingerprint density at radius 3 is 2.31 bits per heavy atom. The van der Waals surface area contributed by atoms with Gasteiger partial charge in [-0.15, -0.1) is 10.2 Å². The molecule has 0 saturated heterocycles. The summed E-state index contributed by atoms with van der Waals surface area (Å²) in [5, 5.41) is 10.6. The van der Waals surface area contributed by atoms with Crippen LogP contribution in [0.1, 0.15) is 25.3 Å². The second kappa shape index (κ2) is 9.64. The molecule has 0 aliphatic heterocycles. The molecule has 3 rings (SSSR count). The molecule has 1 atom stereocenters. The molecule has 1 heterocycles. The summed E-state index contributed by atoms with van der Waals surface area (Å²) in [5.41, 5.74) is 1.66. The van der Waals surface area contributed by atoms with Crippen molar-refractivity contribution >= 4 is 11.9 Å². The van der Waals surface area contributed by atoms with Crippen LogP contribution in [-0.4, -0.2) is 28.1 Å². The molecular formula is C22H23N3O4. The number of hydrogen-bond donors (Lipinski definition) is 1. The van der Waals surface area contributed by atoms with Gasteiger partial charge in [-0.05, 0) is 23.6 Å². The Bertz CT molecular complexity index is 939. The van der Waals surface area contributed by atoms with Crippen LogP contribution in [0.4, 0.5) is 0 Å². The van der Waals surface area contributed by atoms with Gasteiger partial charge in [-0.2, -0.15) is 0 Å². The molecule has 1 N–H and O–H groups in total. The second-order valence-electron chi connectivity index (χ2n) is 6.93. The monoisotopic (exact) mass is 393 g/mol. The molecule has 0 spiro atoms. The fourth-order valence-electron chi connectivity index (χ4n) is 2.74. The van der Waals surface area contributed by atoms with Gasteiger partial charge >= 0.3 is 5.97 Å². The minimum atomic E-state index is -0.761. The highest BCUT2D eigenvalue weighted by Gasteiger charge is 2.26. The van der Waals surface area contributed by atoms with Gasteiger partial charge in [0.2, 0.25) is 11.8 Å². The van der Waals surface area contributed by atoms with Crippen LogP contribution >= 0.6 is 0 Å². The minimum Gasteiger partial charge on any atom is -0.454 e. The van der Waals surface area contributed by atoms with E-state index in [-0.39, 0.29) is 30.7 Å². The van der Waals surface area contributed by atoms with E-state index >= 15 is 0 Å². The number of benzene rings is 2. The van der Waals surface area contributed by atoms with E-state index in [4.69, 9.17) is 9.15 Å². The largest absolute Gasteiger partial charge is 0.454 e. The highest BCUT2D eigenvalue weighted by atomic mass is 16.5. The van der Waals surface area contributed by atoms with Gasteiger partial charge in [-0.1, -0.05) is 62.4 Å². The first-order valence-electron chi connectivity index (χ1n) is 9.40. The Balaban J connectivity index is 1.56. The molecule has 0 bridgehead atoms. The summed E-state index contributed by atoms with van der Waals surface area (Å²) >= 11 is 0. The standard InChI is InChI=1S/C22H23N3O4/c1-15(2)20(23-18(26)13-16-9-5-3-6-10-16)22(27)28-14-19-24-25-21(29-19)17-11-7-4-8-12-17/h3-12,15,20H,13-14H2,1-2H3,(H,23,26). The number of hydrogen-bond acceptors (Lipinski definition) is 6. The average molecular weight is 393 g/mol. The summed E-state index contributed by atoms with van der Waals surface area (Å²) in [5.74, 6) is -0.370. The van der Waals surface area contributed by atoms with Crippen LogP contribution in [0.3, 0.4) is 0 Å². The number of ether oxygens (including phenoxy) is 1. The van der Waals surface area contributed by atoms with E-state index < -0.39 is 12.0 Å². The molecule has 7 nitrogen and oxygen atoms in total. The highest BCUT2D eigenvalue weighted by molar-refractivity contribution is 5.85. The van der Waals surface area contributed by atoms with E-state index in [0.717, 1.165) is 11.1 Å². The fourth-order valence-corrected chi connectivity index (χ4v) is 2.74. The van der Waals surface area contributed by atoms with Crippen LogP contribution < -0.4 is 5.32 Å². The van der Waals surface area contributed by atoms with Gasteiger partial charge in [0.15, 0.2) is 6.61 Å². The molecule has 3 aromatic rings. The quantitative estimate of drug-likeness (QED) is 0.591. The topological polar surface area (TPSA) is 94.3 Å². The number of esters is 1. The smallest absolute Gasteiger partial charge is 0.329 e. The maximum Gasteiger partial charge on any atom is 0.329 e. The van der Waals surface area contributed by atoms with E-state index in [1.54, 1.807) is 0 Å². The van der Waals surface area contributed by atoms with Gasteiger partial charge in [0.05, 0.1) is 6.42 Å². The lowest BCUT2D eigenvalue weighted by Crippen LogP contribution is -2.45. The van der Waals surface area contributed by atoms with Crippen LogP contribution in [0, 0.1) is 5.92 Å². The molecule has 29 heavy (non-hydrogen) atoms. The SMILES string of the molecule is CC(C)C(NC(=O)Cc1ccccc1)C(=O)OCc1nnc(-c2ccccc2)o1. The normalized spacial score (nSPS) is 11.8. The number of nitrogens with one attached hydrogen (secondary N) is 1. The van der Waals surface area contributed by atoms with Crippen molar-refractivity contribution in [3.05, 3.63) is 72.1 Å². The molecule has 1 aromatic heterocycles. The second-order valence-corrected chi connectivity index (χ2v) is 6.93. The first-order valence-corrected chi connectivity index (χ1v) is 9.40. The fraction of sp³-hybridized carbons (Fsp3) is 0.273. The molecule has 150 valence electrons. The van der Waals surface area contributed by atoms with Gasteiger partial charge in [0.25, 0.3) is 5.89 Å². The summed E-state index contributed by atoms with van der Waals surface area (Å²) in [6.07, 6.45) is 0.196. The Hall–Kier alpha value is -3.48. The number of aromatic nitrogens is 2. The van der Waals surface area contributed by atoms with Crippen molar-refractivity contribution in [2.24, 2.45) is 5.92 Å². The van der Waals surface area contributed by atoms with E-state index in [9.17, 15) is 9.59 Å². The minimum absolute atomic E-state index is 0.134. The molecular weight excluding hydrogens is 370 g/mol. The van der Waals surface area contributed by atoms with Crippen LogP contribution in [0.15, 0.2) is 65.1 Å². The molecule has 0 aliphatic carbocycles. The molecule has 0 fully saturated rings. The van der Waals surface area contributed by atoms with Crippen molar-refractivity contribution in [1.82, 2.24) is 15.5 Å². The van der Waals surface area contributed by atoms with E-state index in [0.29, 0.717) is 5.89 Å². The predicted octanol–water partition coefficient (Wildman–Crippen LogP) is 3.16. The Morgan fingerprint density at radius 2 is 1.66 bits per heavy atom. The Labute approximate surface area is 169 Å². The zero-order chi connectivity index (χ0) is 20.6. The van der Waals surface area contributed by atoms with Gasteiger partial charge < -0.3 is 14.5 Å². The predicted molar refractivity (Wildman–Crippen MR) is 106 cm³/mol. The van der Waals surface area contributed by atoms with E-state index in [2.05, 4.69) is 15.5 Å².